The highest BCUT2D eigenvalue weighted by Gasteiger charge is 2.19. The topological polar surface area (TPSA) is 27.7 Å². The normalized spacial score (nSPS) is 17.5. The summed E-state index contributed by atoms with van der Waals surface area (Å²) in [6.45, 7) is 14.7. The zero-order chi connectivity index (χ0) is 24.9. The number of ether oxygens (including phenoxy) is 3. The molecule has 0 amide bonds. The lowest BCUT2D eigenvalue weighted by Gasteiger charge is -2.26. The third kappa shape index (κ3) is 22.7. The van der Waals surface area contributed by atoms with Crippen LogP contribution in [0.1, 0.15) is 131 Å². The van der Waals surface area contributed by atoms with Crippen molar-refractivity contribution >= 4 is 23.2 Å². The van der Waals surface area contributed by atoms with Gasteiger partial charge < -0.3 is 14.2 Å². The second kappa shape index (κ2) is 22.9. The number of hydrogen-bond acceptors (Lipinski definition) is 3. The predicted octanol–water partition coefficient (Wildman–Crippen LogP) is 9.72. The Morgan fingerprint density at radius 1 is 0.545 bits per heavy atom. The van der Waals surface area contributed by atoms with Crippen molar-refractivity contribution in [2.45, 2.75) is 155 Å². The number of rotatable bonds is 24. The second-order valence-electron chi connectivity index (χ2n) is 10.3. The van der Waals surface area contributed by atoms with Crippen LogP contribution < -0.4 is 0 Å². The monoisotopic (exact) mass is 510 g/mol. The molecule has 0 aliphatic rings. The van der Waals surface area contributed by atoms with E-state index in [1.54, 1.807) is 0 Å². The number of halogens is 2. The molecule has 5 heteroatoms. The van der Waals surface area contributed by atoms with Gasteiger partial charge in [0.05, 0.1) is 0 Å². The average Bonchev–Trinajstić information content (AvgIpc) is 2.72. The van der Waals surface area contributed by atoms with Crippen molar-refractivity contribution in [3.05, 3.63) is 0 Å². The highest BCUT2D eigenvalue weighted by molar-refractivity contribution is 6.20. The third-order valence-electron chi connectivity index (χ3n) is 6.13. The third-order valence-corrected chi connectivity index (χ3v) is 6.49. The molecule has 0 fully saturated rings. The van der Waals surface area contributed by atoms with E-state index in [-0.39, 0.29) is 23.3 Å². The molecule has 0 N–H and O–H groups in total. The average molecular weight is 512 g/mol. The smallest absolute Gasteiger partial charge is 0.160 e. The lowest BCUT2D eigenvalue weighted by atomic mass is 9.98. The lowest BCUT2D eigenvalue weighted by Crippen LogP contribution is -2.28. The second-order valence-corrected chi connectivity index (χ2v) is 11.7. The van der Waals surface area contributed by atoms with E-state index in [0.717, 1.165) is 77.4 Å². The zero-order valence-electron chi connectivity index (χ0n) is 22.8. The van der Waals surface area contributed by atoms with Crippen LogP contribution in [0.4, 0.5) is 0 Å². The summed E-state index contributed by atoms with van der Waals surface area (Å²) in [5, 5.41) is 0.477. The van der Waals surface area contributed by atoms with Crippen LogP contribution in [0.25, 0.3) is 0 Å². The van der Waals surface area contributed by atoms with Gasteiger partial charge in [-0.05, 0) is 77.0 Å². The SMILES string of the molecule is CCCCCOC(CCCC(C)CC(C)Cl)OC(CCCC(C)CC(C)Cl)OCCCCC. The molecular weight excluding hydrogens is 455 g/mol. The lowest BCUT2D eigenvalue weighted by molar-refractivity contribution is -0.250. The van der Waals surface area contributed by atoms with Crippen molar-refractivity contribution in [2.75, 3.05) is 13.2 Å². The highest BCUT2D eigenvalue weighted by atomic mass is 35.5. The minimum atomic E-state index is -0.182. The van der Waals surface area contributed by atoms with Crippen LogP contribution in [-0.4, -0.2) is 36.5 Å². The van der Waals surface area contributed by atoms with Crippen LogP contribution in [-0.2, 0) is 14.2 Å². The Morgan fingerprint density at radius 2 is 0.939 bits per heavy atom. The number of alkyl halides is 2. The maximum absolute atomic E-state index is 6.44. The summed E-state index contributed by atoms with van der Waals surface area (Å²) in [6, 6.07) is 0. The van der Waals surface area contributed by atoms with E-state index in [4.69, 9.17) is 37.4 Å². The van der Waals surface area contributed by atoms with E-state index < -0.39 is 0 Å². The van der Waals surface area contributed by atoms with Gasteiger partial charge in [0.1, 0.15) is 0 Å². The van der Waals surface area contributed by atoms with Crippen molar-refractivity contribution < 1.29 is 14.2 Å². The quantitative estimate of drug-likeness (QED) is 0.0733. The summed E-state index contributed by atoms with van der Waals surface area (Å²) >= 11 is 12.4. The fourth-order valence-electron chi connectivity index (χ4n) is 4.29. The van der Waals surface area contributed by atoms with Gasteiger partial charge in [-0.25, -0.2) is 0 Å². The van der Waals surface area contributed by atoms with E-state index in [1.165, 1.54) is 25.7 Å². The fourth-order valence-corrected chi connectivity index (χ4v) is 4.90. The van der Waals surface area contributed by atoms with Crippen LogP contribution in [0.3, 0.4) is 0 Å². The summed E-state index contributed by atoms with van der Waals surface area (Å²) < 4.78 is 18.8. The van der Waals surface area contributed by atoms with Crippen molar-refractivity contribution in [3.63, 3.8) is 0 Å². The van der Waals surface area contributed by atoms with Crippen LogP contribution in [0.2, 0.25) is 0 Å². The van der Waals surface area contributed by atoms with Gasteiger partial charge >= 0.3 is 0 Å². The molecule has 0 heterocycles. The first-order valence-corrected chi connectivity index (χ1v) is 14.8. The number of unbranched alkanes of at least 4 members (excludes halogenated alkanes) is 4. The van der Waals surface area contributed by atoms with Crippen molar-refractivity contribution in [1.82, 2.24) is 0 Å². The molecule has 0 radical (unpaired) electrons. The molecule has 0 aliphatic carbocycles. The maximum Gasteiger partial charge on any atom is 0.160 e. The Labute approximate surface area is 217 Å². The van der Waals surface area contributed by atoms with Gasteiger partial charge in [0.25, 0.3) is 0 Å². The van der Waals surface area contributed by atoms with Crippen molar-refractivity contribution in [2.24, 2.45) is 11.8 Å². The molecule has 0 aromatic rings. The molecule has 0 bridgehead atoms. The Kier molecular flexibility index (Phi) is 23.2. The summed E-state index contributed by atoms with van der Waals surface area (Å²) in [5.74, 6) is 1.26. The minimum absolute atomic E-state index is 0.182. The van der Waals surface area contributed by atoms with E-state index in [1.807, 2.05) is 0 Å². The Morgan fingerprint density at radius 3 is 1.27 bits per heavy atom. The van der Waals surface area contributed by atoms with Gasteiger partial charge in [-0.1, -0.05) is 66.2 Å². The van der Waals surface area contributed by atoms with Gasteiger partial charge in [0.15, 0.2) is 12.6 Å². The predicted molar refractivity (Wildman–Crippen MR) is 146 cm³/mol. The Bertz CT molecular complexity index is 371. The molecule has 0 aromatic carbocycles. The highest BCUT2D eigenvalue weighted by Crippen LogP contribution is 2.22. The van der Waals surface area contributed by atoms with E-state index in [2.05, 4.69) is 41.5 Å². The summed E-state index contributed by atoms with van der Waals surface area (Å²) in [5.41, 5.74) is 0. The molecule has 200 valence electrons. The number of hydrogen-bond donors (Lipinski definition) is 0. The minimum Gasteiger partial charge on any atom is -0.353 e. The molecule has 0 rings (SSSR count). The molecule has 0 spiro atoms. The standard InChI is InChI=1S/C28H56Cl2O3/c1-7-9-11-19-31-27(17-13-15-23(3)21-25(5)29)33-28(32-20-12-10-8-2)18-14-16-24(4)22-26(6)30/h23-28H,7-22H2,1-6H3. The molecular formula is C28H56Cl2O3. The van der Waals surface area contributed by atoms with Crippen LogP contribution in [0.5, 0.6) is 0 Å². The summed E-state index contributed by atoms with van der Waals surface area (Å²) in [6.07, 6.45) is 15.1. The van der Waals surface area contributed by atoms with Crippen molar-refractivity contribution in [1.29, 1.82) is 0 Å². The molecule has 0 saturated carbocycles. The molecule has 0 aromatic heterocycles. The molecule has 6 unspecified atom stereocenters. The Balaban J connectivity index is 4.76. The molecule has 0 aliphatic heterocycles. The molecule has 3 nitrogen and oxygen atoms in total. The summed E-state index contributed by atoms with van der Waals surface area (Å²) in [7, 11) is 0. The first kappa shape index (κ1) is 33.5. The van der Waals surface area contributed by atoms with Crippen molar-refractivity contribution in [3.8, 4) is 0 Å². The first-order chi connectivity index (χ1) is 15.8. The van der Waals surface area contributed by atoms with Gasteiger partial charge in [-0.15, -0.1) is 23.2 Å². The van der Waals surface area contributed by atoms with E-state index in [9.17, 15) is 0 Å². The maximum atomic E-state index is 6.44. The Hall–Kier alpha value is 0.460. The van der Waals surface area contributed by atoms with E-state index >= 15 is 0 Å². The van der Waals surface area contributed by atoms with Crippen LogP contribution in [0, 0.1) is 11.8 Å². The summed E-state index contributed by atoms with van der Waals surface area (Å²) in [4.78, 5) is 0. The molecule has 33 heavy (non-hydrogen) atoms. The zero-order valence-corrected chi connectivity index (χ0v) is 24.3. The first-order valence-electron chi connectivity index (χ1n) is 13.9. The van der Waals surface area contributed by atoms with Gasteiger partial charge in [-0.2, -0.15) is 0 Å². The van der Waals surface area contributed by atoms with E-state index in [0.29, 0.717) is 11.8 Å². The van der Waals surface area contributed by atoms with Gasteiger partial charge in [0, 0.05) is 24.0 Å². The van der Waals surface area contributed by atoms with Crippen LogP contribution in [0.15, 0.2) is 0 Å². The largest absolute Gasteiger partial charge is 0.353 e. The van der Waals surface area contributed by atoms with Gasteiger partial charge in [0.2, 0.25) is 0 Å². The van der Waals surface area contributed by atoms with Gasteiger partial charge in [-0.3, -0.25) is 0 Å². The van der Waals surface area contributed by atoms with Crippen LogP contribution >= 0.6 is 23.2 Å². The molecule has 0 saturated heterocycles. The molecule has 6 atom stereocenters. The fraction of sp³-hybridized carbons (Fsp3) is 1.00.